The van der Waals surface area contributed by atoms with Crippen LogP contribution in [-0.4, -0.2) is 12.9 Å². The average Bonchev–Trinajstić information content (AvgIpc) is 1.81. The lowest BCUT2D eigenvalue weighted by atomic mass is 10.4. The molecule has 0 saturated carbocycles. The van der Waals surface area contributed by atoms with E-state index in [4.69, 9.17) is 4.74 Å². The predicted octanol–water partition coefficient (Wildman–Crippen LogP) is 1.13. The Labute approximate surface area is 49.1 Å². The van der Waals surface area contributed by atoms with Gasteiger partial charge in [0.1, 0.15) is 6.29 Å². The summed E-state index contributed by atoms with van der Waals surface area (Å²) in [5.74, 6) is 0. The molecule has 0 aromatic rings. The topological polar surface area (TPSA) is 26.3 Å². The van der Waals surface area contributed by atoms with Gasteiger partial charge in [-0.2, -0.15) is 0 Å². The van der Waals surface area contributed by atoms with E-state index in [0.29, 0.717) is 13.0 Å². The van der Waals surface area contributed by atoms with E-state index in [-0.39, 0.29) is 0 Å². The lowest BCUT2D eigenvalue weighted by Crippen LogP contribution is -1.86. The molecule has 0 rings (SSSR count). The number of aldehydes is 1. The van der Waals surface area contributed by atoms with Crippen molar-refractivity contribution in [2.45, 2.75) is 12.8 Å². The molecule has 2 heteroatoms. The van der Waals surface area contributed by atoms with Crippen LogP contribution < -0.4 is 0 Å². The Morgan fingerprint density at radius 2 is 2.38 bits per heavy atom. The molecule has 0 amide bonds. The Hall–Kier alpha value is -0.790. The molecule has 0 heterocycles. The fourth-order valence-electron chi connectivity index (χ4n) is 0.333. The smallest absolute Gasteiger partial charge is 0.120 e. The van der Waals surface area contributed by atoms with Crippen LogP contribution in [0.15, 0.2) is 12.8 Å². The van der Waals surface area contributed by atoms with E-state index in [0.717, 1.165) is 12.7 Å². The van der Waals surface area contributed by atoms with Crippen LogP contribution in [-0.2, 0) is 9.53 Å². The maximum absolute atomic E-state index is 9.69. The zero-order chi connectivity index (χ0) is 6.24. The normalized spacial score (nSPS) is 8.00. The summed E-state index contributed by atoms with van der Waals surface area (Å²) >= 11 is 0. The minimum absolute atomic E-state index is 0.577. The molecule has 0 N–H and O–H groups in total. The summed E-state index contributed by atoms with van der Waals surface area (Å²) < 4.78 is 4.74. The molecule has 0 atom stereocenters. The standard InChI is InChI=1S/C6H10O2/c1-2-8-6-4-3-5-7/h2,5H,1,3-4,6H2. The van der Waals surface area contributed by atoms with Crippen molar-refractivity contribution in [3.8, 4) is 0 Å². The SMILES string of the molecule is C=COCCCC=O. The van der Waals surface area contributed by atoms with Crippen LogP contribution in [0.25, 0.3) is 0 Å². The second-order valence-electron chi connectivity index (χ2n) is 1.35. The molecule has 0 unspecified atom stereocenters. The van der Waals surface area contributed by atoms with Gasteiger partial charge in [-0.25, -0.2) is 0 Å². The molecule has 0 radical (unpaired) electrons. The van der Waals surface area contributed by atoms with Crippen molar-refractivity contribution < 1.29 is 9.53 Å². The Kier molecular flexibility index (Phi) is 5.60. The van der Waals surface area contributed by atoms with Crippen LogP contribution in [0.1, 0.15) is 12.8 Å². The fourth-order valence-corrected chi connectivity index (χ4v) is 0.333. The summed E-state index contributed by atoms with van der Waals surface area (Å²) in [6.45, 7) is 3.95. The zero-order valence-corrected chi connectivity index (χ0v) is 4.80. The van der Waals surface area contributed by atoms with Crippen LogP contribution in [0.5, 0.6) is 0 Å². The molecule has 0 aliphatic rings. The van der Waals surface area contributed by atoms with Crippen molar-refractivity contribution in [1.29, 1.82) is 0 Å². The Morgan fingerprint density at radius 1 is 1.62 bits per heavy atom. The van der Waals surface area contributed by atoms with E-state index >= 15 is 0 Å². The molecule has 0 fully saturated rings. The predicted molar refractivity (Wildman–Crippen MR) is 31.4 cm³/mol. The average molecular weight is 114 g/mol. The molecule has 2 nitrogen and oxygen atoms in total. The highest BCUT2D eigenvalue weighted by atomic mass is 16.5. The highest BCUT2D eigenvalue weighted by Crippen LogP contribution is 1.84. The number of carbonyl (C=O) groups is 1. The first-order valence-electron chi connectivity index (χ1n) is 2.58. The van der Waals surface area contributed by atoms with Gasteiger partial charge in [0.05, 0.1) is 12.9 Å². The molecule has 0 bridgehead atoms. The lowest BCUT2D eigenvalue weighted by Gasteiger charge is -1.93. The minimum atomic E-state index is 0.577. The van der Waals surface area contributed by atoms with Gasteiger partial charge in [0.25, 0.3) is 0 Å². The summed E-state index contributed by atoms with van der Waals surface area (Å²) in [6.07, 6.45) is 3.63. The van der Waals surface area contributed by atoms with E-state index in [9.17, 15) is 4.79 Å². The number of carbonyl (C=O) groups excluding carboxylic acids is 1. The summed E-state index contributed by atoms with van der Waals surface area (Å²) in [6, 6.07) is 0. The van der Waals surface area contributed by atoms with Crippen LogP contribution in [0.4, 0.5) is 0 Å². The third-order valence-corrected chi connectivity index (χ3v) is 0.702. The molecule has 0 aromatic heterocycles. The van der Waals surface area contributed by atoms with Crippen molar-refractivity contribution in [3.05, 3.63) is 12.8 Å². The molecule has 8 heavy (non-hydrogen) atoms. The van der Waals surface area contributed by atoms with Crippen LogP contribution in [0.3, 0.4) is 0 Å². The van der Waals surface area contributed by atoms with E-state index in [1.807, 2.05) is 0 Å². The summed E-state index contributed by atoms with van der Waals surface area (Å²) in [5, 5.41) is 0. The van der Waals surface area contributed by atoms with Gasteiger partial charge in [0.15, 0.2) is 0 Å². The van der Waals surface area contributed by atoms with Gasteiger partial charge in [-0.3, -0.25) is 0 Å². The number of hydrogen-bond acceptors (Lipinski definition) is 2. The zero-order valence-electron chi connectivity index (χ0n) is 4.80. The first-order valence-corrected chi connectivity index (χ1v) is 2.58. The number of unbranched alkanes of at least 4 members (excludes halogenated alkanes) is 1. The maximum atomic E-state index is 9.69. The van der Waals surface area contributed by atoms with E-state index in [1.54, 1.807) is 0 Å². The van der Waals surface area contributed by atoms with Crippen molar-refractivity contribution >= 4 is 6.29 Å². The second kappa shape index (κ2) is 6.21. The van der Waals surface area contributed by atoms with E-state index in [2.05, 4.69) is 6.58 Å². The monoisotopic (exact) mass is 114 g/mol. The molecular formula is C6H10O2. The van der Waals surface area contributed by atoms with Crippen LogP contribution in [0.2, 0.25) is 0 Å². The van der Waals surface area contributed by atoms with Crippen LogP contribution in [0, 0.1) is 0 Å². The Morgan fingerprint density at radius 3 is 2.88 bits per heavy atom. The molecule has 0 spiro atoms. The van der Waals surface area contributed by atoms with Crippen molar-refractivity contribution in [2.24, 2.45) is 0 Å². The van der Waals surface area contributed by atoms with Crippen LogP contribution >= 0.6 is 0 Å². The van der Waals surface area contributed by atoms with E-state index < -0.39 is 0 Å². The van der Waals surface area contributed by atoms with Gasteiger partial charge >= 0.3 is 0 Å². The van der Waals surface area contributed by atoms with Crippen molar-refractivity contribution in [3.63, 3.8) is 0 Å². The van der Waals surface area contributed by atoms with Gasteiger partial charge in [-0.1, -0.05) is 6.58 Å². The van der Waals surface area contributed by atoms with Gasteiger partial charge in [0, 0.05) is 6.42 Å². The Bertz CT molecular complexity index is 58.9. The first-order chi connectivity index (χ1) is 3.91. The number of ether oxygens (including phenoxy) is 1. The van der Waals surface area contributed by atoms with E-state index in [1.165, 1.54) is 6.26 Å². The lowest BCUT2D eigenvalue weighted by molar-refractivity contribution is -0.108. The van der Waals surface area contributed by atoms with Gasteiger partial charge in [-0.05, 0) is 6.42 Å². The number of hydrogen-bond donors (Lipinski definition) is 0. The first kappa shape index (κ1) is 7.21. The molecule has 0 aliphatic heterocycles. The third kappa shape index (κ3) is 5.21. The second-order valence-corrected chi connectivity index (χ2v) is 1.35. The minimum Gasteiger partial charge on any atom is -0.502 e. The molecule has 0 saturated heterocycles. The molecular weight excluding hydrogens is 104 g/mol. The molecule has 0 aromatic carbocycles. The summed E-state index contributed by atoms with van der Waals surface area (Å²) in [7, 11) is 0. The maximum Gasteiger partial charge on any atom is 0.120 e. The van der Waals surface area contributed by atoms with Gasteiger partial charge in [-0.15, -0.1) is 0 Å². The summed E-state index contributed by atoms with van der Waals surface area (Å²) in [5.41, 5.74) is 0. The molecule has 46 valence electrons. The quantitative estimate of drug-likeness (QED) is 0.304. The number of rotatable bonds is 5. The van der Waals surface area contributed by atoms with Crippen molar-refractivity contribution in [2.75, 3.05) is 6.61 Å². The highest BCUT2D eigenvalue weighted by molar-refractivity contribution is 5.48. The van der Waals surface area contributed by atoms with Crippen molar-refractivity contribution in [1.82, 2.24) is 0 Å². The fraction of sp³-hybridized carbons (Fsp3) is 0.500. The van der Waals surface area contributed by atoms with Gasteiger partial charge in [0.2, 0.25) is 0 Å². The molecule has 0 aliphatic carbocycles. The Balaban J connectivity index is 2.71. The summed E-state index contributed by atoms with van der Waals surface area (Å²) in [4.78, 5) is 9.69. The van der Waals surface area contributed by atoms with Gasteiger partial charge < -0.3 is 9.53 Å². The highest BCUT2D eigenvalue weighted by Gasteiger charge is 1.81. The third-order valence-electron chi connectivity index (χ3n) is 0.702. The largest absolute Gasteiger partial charge is 0.502 e.